The Balaban J connectivity index is 1.51. The van der Waals surface area contributed by atoms with E-state index < -0.39 is 40.2 Å². The molecule has 1 aliphatic rings. The molecule has 1 heterocycles. The molecule has 0 saturated carbocycles. The minimum absolute atomic E-state index is 0.0744. The second-order valence-electron chi connectivity index (χ2n) is 7.53. The van der Waals surface area contributed by atoms with Gasteiger partial charge in [-0.05, 0) is 49.9 Å². The monoisotopic (exact) mass is 448 g/mol. The van der Waals surface area contributed by atoms with Crippen LogP contribution >= 0.6 is 0 Å². The molecule has 2 aromatic rings. The number of rotatable bonds is 6. The van der Waals surface area contributed by atoms with Gasteiger partial charge in [0.2, 0.25) is 10.0 Å². The lowest BCUT2D eigenvalue weighted by Crippen LogP contribution is -2.41. The number of carbonyl (C=O) groups excluding carboxylic acids is 2. The van der Waals surface area contributed by atoms with E-state index >= 15 is 0 Å². The fourth-order valence-electron chi connectivity index (χ4n) is 3.57. The van der Waals surface area contributed by atoms with Crippen molar-refractivity contribution in [3.8, 4) is 0 Å². The van der Waals surface area contributed by atoms with Crippen molar-refractivity contribution in [2.75, 3.05) is 25.0 Å². The van der Waals surface area contributed by atoms with Crippen molar-refractivity contribution in [3.63, 3.8) is 0 Å². The molecule has 7 nitrogen and oxygen atoms in total. The van der Waals surface area contributed by atoms with Crippen molar-refractivity contribution in [2.24, 2.45) is 5.92 Å². The standard InChI is InChI=1S/C22H25FN2O5S/c1-15-6-5-7-16(2)21(15)24-20(26)14-30-22(27)17-10-12-25(13-11-17)31(28,29)19-9-4-3-8-18(19)23/h3-9,17H,10-14H2,1-2H3,(H,24,26). The number of piperidine rings is 1. The highest BCUT2D eigenvalue weighted by Gasteiger charge is 2.34. The number of nitrogens with zero attached hydrogens (tertiary/aromatic N) is 1. The third kappa shape index (κ3) is 5.29. The number of nitrogens with one attached hydrogen (secondary N) is 1. The number of sulfonamides is 1. The van der Waals surface area contributed by atoms with Crippen LogP contribution in [0, 0.1) is 25.6 Å². The van der Waals surface area contributed by atoms with Gasteiger partial charge in [0.1, 0.15) is 10.7 Å². The van der Waals surface area contributed by atoms with Crippen LogP contribution in [-0.4, -0.2) is 44.3 Å². The van der Waals surface area contributed by atoms with Crippen LogP contribution in [0.1, 0.15) is 24.0 Å². The molecule has 1 amide bonds. The molecule has 0 radical (unpaired) electrons. The Morgan fingerprint density at radius 1 is 1.06 bits per heavy atom. The van der Waals surface area contributed by atoms with E-state index in [9.17, 15) is 22.4 Å². The van der Waals surface area contributed by atoms with Crippen molar-refractivity contribution in [3.05, 3.63) is 59.4 Å². The Morgan fingerprint density at radius 3 is 2.29 bits per heavy atom. The molecule has 2 aromatic carbocycles. The maximum atomic E-state index is 13.9. The van der Waals surface area contributed by atoms with E-state index in [1.807, 2.05) is 32.0 Å². The molecule has 0 aromatic heterocycles. The van der Waals surface area contributed by atoms with E-state index in [1.165, 1.54) is 22.5 Å². The number of esters is 1. The summed E-state index contributed by atoms with van der Waals surface area (Å²) < 4.78 is 45.5. The maximum Gasteiger partial charge on any atom is 0.309 e. The van der Waals surface area contributed by atoms with E-state index in [0.29, 0.717) is 5.69 Å². The Bertz CT molecular complexity index is 1060. The summed E-state index contributed by atoms with van der Waals surface area (Å²) in [6.45, 7) is 3.48. The van der Waals surface area contributed by atoms with Crippen LogP contribution in [0.5, 0.6) is 0 Å². The molecule has 1 fully saturated rings. The van der Waals surface area contributed by atoms with Gasteiger partial charge in [-0.25, -0.2) is 12.8 Å². The van der Waals surface area contributed by atoms with Gasteiger partial charge in [0.15, 0.2) is 6.61 Å². The molecule has 0 bridgehead atoms. The Kier molecular flexibility index (Phi) is 7.07. The molecule has 0 unspecified atom stereocenters. The van der Waals surface area contributed by atoms with Gasteiger partial charge in [-0.1, -0.05) is 30.3 Å². The molecule has 0 atom stereocenters. The van der Waals surface area contributed by atoms with Gasteiger partial charge >= 0.3 is 5.97 Å². The van der Waals surface area contributed by atoms with Crippen LogP contribution in [0.15, 0.2) is 47.4 Å². The SMILES string of the molecule is Cc1cccc(C)c1NC(=O)COC(=O)C1CCN(S(=O)(=O)c2ccccc2F)CC1. The van der Waals surface area contributed by atoms with Crippen molar-refractivity contribution < 1.29 is 27.1 Å². The van der Waals surface area contributed by atoms with E-state index in [1.54, 1.807) is 0 Å². The number of amides is 1. The number of ether oxygens (including phenoxy) is 1. The summed E-state index contributed by atoms with van der Waals surface area (Å²) in [4.78, 5) is 24.1. The number of halogens is 1. The molecule has 31 heavy (non-hydrogen) atoms. The summed E-state index contributed by atoms with van der Waals surface area (Å²) in [5.74, 6) is -2.30. The predicted octanol–water partition coefficient (Wildman–Crippen LogP) is 3.03. The minimum Gasteiger partial charge on any atom is -0.455 e. The molecule has 9 heteroatoms. The summed E-state index contributed by atoms with van der Waals surface area (Å²) in [6, 6.07) is 10.8. The summed E-state index contributed by atoms with van der Waals surface area (Å²) in [6.07, 6.45) is 0.482. The zero-order valence-corrected chi connectivity index (χ0v) is 18.2. The number of anilines is 1. The minimum atomic E-state index is -3.97. The third-order valence-electron chi connectivity index (χ3n) is 5.33. The smallest absolute Gasteiger partial charge is 0.309 e. The fourth-order valence-corrected chi connectivity index (χ4v) is 5.10. The van der Waals surface area contributed by atoms with Gasteiger partial charge < -0.3 is 10.1 Å². The van der Waals surface area contributed by atoms with Crippen molar-refractivity contribution in [2.45, 2.75) is 31.6 Å². The van der Waals surface area contributed by atoms with Crippen molar-refractivity contribution in [1.29, 1.82) is 0 Å². The van der Waals surface area contributed by atoms with Crippen LogP contribution in [0.25, 0.3) is 0 Å². The predicted molar refractivity (Wildman–Crippen MR) is 113 cm³/mol. The molecule has 1 N–H and O–H groups in total. The number of hydrogen-bond acceptors (Lipinski definition) is 5. The molecule has 0 aliphatic carbocycles. The Hall–Kier alpha value is -2.78. The van der Waals surface area contributed by atoms with Gasteiger partial charge in [-0.2, -0.15) is 4.31 Å². The first-order valence-corrected chi connectivity index (χ1v) is 11.4. The van der Waals surface area contributed by atoms with Gasteiger partial charge in [-0.15, -0.1) is 0 Å². The molecular weight excluding hydrogens is 423 g/mol. The normalized spacial score (nSPS) is 15.5. The quantitative estimate of drug-likeness (QED) is 0.686. The van der Waals surface area contributed by atoms with Crippen LogP contribution in [0.3, 0.4) is 0 Å². The largest absolute Gasteiger partial charge is 0.455 e. The van der Waals surface area contributed by atoms with Crippen LogP contribution in [0.2, 0.25) is 0 Å². The molecule has 1 aliphatic heterocycles. The summed E-state index contributed by atoms with van der Waals surface area (Å²) >= 11 is 0. The van der Waals surface area contributed by atoms with Crippen LogP contribution in [0.4, 0.5) is 10.1 Å². The Labute approximate surface area is 181 Å². The lowest BCUT2D eigenvalue weighted by Gasteiger charge is -2.30. The topological polar surface area (TPSA) is 92.8 Å². The van der Waals surface area contributed by atoms with E-state index in [2.05, 4.69) is 5.32 Å². The second-order valence-corrected chi connectivity index (χ2v) is 9.44. The number of carbonyl (C=O) groups is 2. The zero-order chi connectivity index (χ0) is 22.6. The highest BCUT2D eigenvalue weighted by atomic mass is 32.2. The first-order valence-electron chi connectivity index (χ1n) is 9.97. The van der Waals surface area contributed by atoms with Crippen molar-refractivity contribution >= 4 is 27.6 Å². The van der Waals surface area contributed by atoms with E-state index in [0.717, 1.165) is 17.2 Å². The fraction of sp³-hybridized carbons (Fsp3) is 0.364. The third-order valence-corrected chi connectivity index (χ3v) is 7.26. The zero-order valence-electron chi connectivity index (χ0n) is 17.4. The second kappa shape index (κ2) is 9.57. The van der Waals surface area contributed by atoms with Gasteiger partial charge in [-0.3, -0.25) is 9.59 Å². The lowest BCUT2D eigenvalue weighted by molar-refractivity contribution is -0.152. The maximum absolute atomic E-state index is 13.9. The van der Waals surface area contributed by atoms with E-state index in [-0.39, 0.29) is 30.8 Å². The molecule has 1 saturated heterocycles. The van der Waals surface area contributed by atoms with Gasteiger partial charge in [0.25, 0.3) is 5.91 Å². The lowest BCUT2D eigenvalue weighted by atomic mass is 9.98. The van der Waals surface area contributed by atoms with Gasteiger partial charge in [0.05, 0.1) is 5.92 Å². The summed E-state index contributed by atoms with van der Waals surface area (Å²) in [7, 11) is -3.97. The average molecular weight is 449 g/mol. The van der Waals surface area contributed by atoms with Crippen LogP contribution in [-0.2, 0) is 24.3 Å². The van der Waals surface area contributed by atoms with Gasteiger partial charge in [0, 0.05) is 18.8 Å². The molecule has 166 valence electrons. The first-order chi connectivity index (χ1) is 14.7. The first kappa shape index (κ1) is 22.9. The molecular formula is C22H25FN2O5S. The number of para-hydroxylation sites is 1. The number of aryl methyl sites for hydroxylation is 2. The van der Waals surface area contributed by atoms with Crippen molar-refractivity contribution in [1.82, 2.24) is 4.31 Å². The summed E-state index contributed by atoms with van der Waals surface area (Å²) in [5.41, 5.74) is 2.50. The van der Waals surface area contributed by atoms with Crippen LogP contribution < -0.4 is 5.32 Å². The molecule has 0 spiro atoms. The Morgan fingerprint density at radius 2 is 1.68 bits per heavy atom. The number of benzene rings is 2. The highest BCUT2D eigenvalue weighted by molar-refractivity contribution is 7.89. The summed E-state index contributed by atoms with van der Waals surface area (Å²) in [5, 5.41) is 2.75. The average Bonchev–Trinajstić information content (AvgIpc) is 2.75. The number of hydrogen-bond donors (Lipinski definition) is 1. The molecule has 3 rings (SSSR count). The highest BCUT2D eigenvalue weighted by Crippen LogP contribution is 2.26. The van der Waals surface area contributed by atoms with E-state index in [4.69, 9.17) is 4.74 Å².